The van der Waals surface area contributed by atoms with Crippen molar-refractivity contribution < 1.29 is 14.6 Å². The molecule has 2 aromatic heterocycles. The third-order valence-electron chi connectivity index (χ3n) is 4.64. The number of furan rings is 1. The zero-order chi connectivity index (χ0) is 17.9. The Morgan fingerprint density at radius 3 is 2.96 bits per heavy atom. The number of aromatic nitrogens is 2. The monoisotopic (exact) mass is 346 g/mol. The quantitative estimate of drug-likeness (QED) is 0.735. The van der Waals surface area contributed by atoms with E-state index in [1.54, 1.807) is 13.0 Å². The minimum Gasteiger partial charge on any atom is -0.463 e. The average Bonchev–Trinajstić information content (AvgIpc) is 3.08. The maximum atomic E-state index is 10.6. The van der Waals surface area contributed by atoms with Crippen molar-refractivity contribution in [3.63, 3.8) is 0 Å². The molecule has 7 heteroatoms. The summed E-state index contributed by atoms with van der Waals surface area (Å²) in [7, 11) is 0. The Hall–Kier alpha value is -2.12. The van der Waals surface area contributed by atoms with E-state index in [1.807, 2.05) is 19.1 Å². The van der Waals surface area contributed by atoms with E-state index in [0.29, 0.717) is 17.5 Å². The van der Waals surface area contributed by atoms with Gasteiger partial charge in [0.25, 0.3) is 0 Å². The zero-order valence-corrected chi connectivity index (χ0v) is 14.8. The minimum atomic E-state index is -1.13. The van der Waals surface area contributed by atoms with Crippen LogP contribution in [0.4, 0.5) is 11.6 Å². The Balaban J connectivity index is 1.65. The number of aliphatic hydroxyl groups is 2. The third-order valence-corrected chi connectivity index (χ3v) is 4.64. The third kappa shape index (κ3) is 4.29. The van der Waals surface area contributed by atoms with E-state index in [0.717, 1.165) is 37.5 Å². The van der Waals surface area contributed by atoms with E-state index in [1.165, 1.54) is 6.33 Å². The fraction of sp³-hybridized carbons (Fsp3) is 0.556. The van der Waals surface area contributed by atoms with Crippen LogP contribution < -0.4 is 10.2 Å². The Bertz CT molecular complexity index is 701. The fourth-order valence-electron chi connectivity index (χ4n) is 3.11. The van der Waals surface area contributed by atoms with Crippen LogP contribution in [0.25, 0.3) is 0 Å². The first-order valence-corrected chi connectivity index (χ1v) is 8.69. The molecule has 1 saturated heterocycles. The number of aliphatic hydroxyl groups excluding tert-OH is 1. The van der Waals surface area contributed by atoms with Gasteiger partial charge < -0.3 is 24.8 Å². The van der Waals surface area contributed by atoms with Gasteiger partial charge in [0.05, 0.1) is 6.54 Å². The van der Waals surface area contributed by atoms with Crippen LogP contribution in [0.15, 0.2) is 28.9 Å². The number of anilines is 2. The van der Waals surface area contributed by atoms with E-state index in [9.17, 15) is 10.2 Å². The van der Waals surface area contributed by atoms with E-state index in [2.05, 4.69) is 20.2 Å². The molecule has 2 unspecified atom stereocenters. The van der Waals surface area contributed by atoms with E-state index in [-0.39, 0.29) is 13.2 Å². The van der Waals surface area contributed by atoms with Gasteiger partial charge >= 0.3 is 0 Å². The molecule has 3 rings (SSSR count). The fourth-order valence-corrected chi connectivity index (χ4v) is 3.11. The summed E-state index contributed by atoms with van der Waals surface area (Å²) in [4.78, 5) is 10.8. The summed E-state index contributed by atoms with van der Waals surface area (Å²) in [5, 5.41) is 23.2. The lowest BCUT2D eigenvalue weighted by Crippen LogP contribution is -2.37. The topological polar surface area (TPSA) is 94.7 Å². The Kier molecular flexibility index (Phi) is 5.24. The summed E-state index contributed by atoms with van der Waals surface area (Å²) < 4.78 is 5.53. The predicted octanol–water partition coefficient (Wildman–Crippen LogP) is 1.91. The summed E-state index contributed by atoms with van der Waals surface area (Å²) >= 11 is 0. The second-order valence-corrected chi connectivity index (χ2v) is 6.94. The Morgan fingerprint density at radius 2 is 2.24 bits per heavy atom. The van der Waals surface area contributed by atoms with Gasteiger partial charge in [0, 0.05) is 25.8 Å². The number of aryl methyl sites for hydroxylation is 1. The van der Waals surface area contributed by atoms with Crippen molar-refractivity contribution >= 4 is 11.6 Å². The predicted molar refractivity (Wildman–Crippen MR) is 95.6 cm³/mol. The van der Waals surface area contributed by atoms with E-state index < -0.39 is 5.60 Å². The number of nitrogens with one attached hydrogen (secondary N) is 1. The van der Waals surface area contributed by atoms with Gasteiger partial charge in [-0.1, -0.05) is 0 Å². The molecule has 7 nitrogen and oxygen atoms in total. The Morgan fingerprint density at radius 1 is 1.40 bits per heavy atom. The molecule has 0 bridgehead atoms. The summed E-state index contributed by atoms with van der Waals surface area (Å²) in [5.41, 5.74) is -1.13. The molecule has 0 amide bonds. The van der Waals surface area contributed by atoms with Crippen molar-refractivity contribution in [1.29, 1.82) is 0 Å². The standard InChI is InChI=1S/C18H26N4O3/c1-13-5-6-15(25-13)18(2,24)11-19-16-8-17(21-12-20-16)22-7-3-4-14(9-22)10-23/h5-6,8,12,14,23-24H,3-4,7,9-11H2,1-2H3,(H,19,20,21). The first-order chi connectivity index (χ1) is 12.0. The van der Waals surface area contributed by atoms with Crippen LogP contribution in [0.5, 0.6) is 0 Å². The molecule has 2 aromatic rings. The Labute approximate surface area is 147 Å². The highest BCUT2D eigenvalue weighted by molar-refractivity contribution is 5.49. The first-order valence-electron chi connectivity index (χ1n) is 8.69. The number of piperidine rings is 1. The molecule has 0 saturated carbocycles. The van der Waals surface area contributed by atoms with Crippen molar-refractivity contribution in [3.05, 3.63) is 36.0 Å². The lowest BCUT2D eigenvalue weighted by atomic mass is 9.99. The molecule has 25 heavy (non-hydrogen) atoms. The number of rotatable bonds is 6. The van der Waals surface area contributed by atoms with Gasteiger partial charge in [0.15, 0.2) is 0 Å². The van der Waals surface area contributed by atoms with Crippen molar-refractivity contribution in [2.24, 2.45) is 5.92 Å². The molecule has 0 aliphatic carbocycles. The lowest BCUT2D eigenvalue weighted by molar-refractivity contribution is 0.0467. The summed E-state index contributed by atoms with van der Waals surface area (Å²) in [6.45, 7) is 5.76. The van der Waals surface area contributed by atoms with Crippen molar-refractivity contribution in [2.75, 3.05) is 36.5 Å². The zero-order valence-electron chi connectivity index (χ0n) is 14.8. The van der Waals surface area contributed by atoms with Gasteiger partial charge in [0.1, 0.15) is 35.1 Å². The highest BCUT2D eigenvalue weighted by Crippen LogP contribution is 2.25. The first kappa shape index (κ1) is 17.7. The molecular weight excluding hydrogens is 320 g/mol. The number of hydrogen-bond acceptors (Lipinski definition) is 7. The van der Waals surface area contributed by atoms with Gasteiger partial charge in [-0.15, -0.1) is 0 Å². The van der Waals surface area contributed by atoms with Crippen LogP contribution >= 0.6 is 0 Å². The molecule has 2 atom stereocenters. The van der Waals surface area contributed by atoms with Crippen molar-refractivity contribution in [2.45, 2.75) is 32.3 Å². The SMILES string of the molecule is Cc1ccc(C(C)(O)CNc2cc(N3CCCC(CO)C3)ncn2)o1. The van der Waals surface area contributed by atoms with Gasteiger partial charge in [0.2, 0.25) is 0 Å². The molecule has 3 heterocycles. The van der Waals surface area contributed by atoms with Gasteiger partial charge in [-0.2, -0.15) is 0 Å². The normalized spacial score (nSPS) is 20.3. The molecule has 1 fully saturated rings. The maximum Gasteiger partial charge on any atom is 0.137 e. The van der Waals surface area contributed by atoms with Crippen LogP contribution in [0.1, 0.15) is 31.3 Å². The molecular formula is C18H26N4O3. The van der Waals surface area contributed by atoms with Gasteiger partial charge in [-0.05, 0) is 44.7 Å². The van der Waals surface area contributed by atoms with Crippen LogP contribution in [0.2, 0.25) is 0 Å². The summed E-state index contributed by atoms with van der Waals surface area (Å²) in [6.07, 6.45) is 3.62. The lowest BCUT2D eigenvalue weighted by Gasteiger charge is -2.32. The second kappa shape index (κ2) is 7.41. The van der Waals surface area contributed by atoms with Gasteiger partial charge in [-0.25, -0.2) is 9.97 Å². The number of nitrogens with zero attached hydrogens (tertiary/aromatic N) is 3. The largest absolute Gasteiger partial charge is 0.463 e. The highest BCUT2D eigenvalue weighted by atomic mass is 16.4. The summed E-state index contributed by atoms with van der Waals surface area (Å²) in [5.74, 6) is 3.07. The van der Waals surface area contributed by atoms with Gasteiger partial charge in [-0.3, -0.25) is 0 Å². The molecule has 0 spiro atoms. The van der Waals surface area contributed by atoms with Crippen LogP contribution in [0, 0.1) is 12.8 Å². The van der Waals surface area contributed by atoms with Crippen LogP contribution in [-0.4, -0.2) is 46.4 Å². The summed E-state index contributed by atoms with van der Waals surface area (Å²) in [6, 6.07) is 5.49. The molecule has 3 N–H and O–H groups in total. The smallest absolute Gasteiger partial charge is 0.137 e. The number of hydrogen-bond donors (Lipinski definition) is 3. The van der Waals surface area contributed by atoms with Crippen LogP contribution in [0.3, 0.4) is 0 Å². The van der Waals surface area contributed by atoms with Crippen molar-refractivity contribution in [3.8, 4) is 0 Å². The molecule has 0 radical (unpaired) electrons. The van der Waals surface area contributed by atoms with E-state index >= 15 is 0 Å². The average molecular weight is 346 g/mol. The molecule has 1 aliphatic heterocycles. The maximum absolute atomic E-state index is 10.6. The molecule has 136 valence electrons. The van der Waals surface area contributed by atoms with Crippen molar-refractivity contribution in [1.82, 2.24) is 9.97 Å². The minimum absolute atomic E-state index is 0.206. The molecule has 0 aromatic carbocycles. The van der Waals surface area contributed by atoms with E-state index in [4.69, 9.17) is 4.42 Å². The highest BCUT2D eigenvalue weighted by Gasteiger charge is 2.27. The molecule has 1 aliphatic rings. The van der Waals surface area contributed by atoms with Crippen LogP contribution in [-0.2, 0) is 5.60 Å². The second-order valence-electron chi connectivity index (χ2n) is 6.94.